The molecule has 0 aromatic carbocycles. The summed E-state index contributed by atoms with van der Waals surface area (Å²) in [7, 11) is 1.44. The lowest BCUT2D eigenvalue weighted by molar-refractivity contribution is -0.156. The minimum absolute atomic E-state index is 0.438. The van der Waals surface area contributed by atoms with Crippen LogP contribution in [0.4, 0.5) is 0 Å². The Morgan fingerprint density at radius 2 is 1.43 bits per heavy atom. The zero-order valence-electron chi connectivity index (χ0n) is 11.3. The first-order valence-corrected chi connectivity index (χ1v) is 6.68. The molecule has 0 N–H and O–H groups in total. The van der Waals surface area contributed by atoms with E-state index in [1.807, 2.05) is 0 Å². The zero-order chi connectivity index (χ0) is 15.1. The van der Waals surface area contributed by atoms with Crippen molar-refractivity contribution in [1.29, 1.82) is 0 Å². The summed E-state index contributed by atoms with van der Waals surface area (Å²) in [5.41, 5.74) is -1.09. The van der Waals surface area contributed by atoms with Crippen LogP contribution in [0.15, 0.2) is 11.8 Å². The number of allylic oxidation sites excluding steroid dienone is 2. The highest BCUT2D eigenvalue weighted by molar-refractivity contribution is 6.03. The Morgan fingerprint density at radius 3 is 1.86 bits per heavy atom. The first-order valence-electron chi connectivity index (χ1n) is 6.68. The van der Waals surface area contributed by atoms with E-state index in [0.717, 1.165) is 0 Å². The molecule has 2 aliphatic heterocycles. The second-order valence-corrected chi connectivity index (χ2v) is 6.08. The summed E-state index contributed by atoms with van der Waals surface area (Å²) in [6, 6.07) is 0. The number of rotatable bonds is 1. The molecule has 0 radical (unpaired) electrons. The van der Waals surface area contributed by atoms with E-state index in [1.165, 1.54) is 7.11 Å². The summed E-state index contributed by atoms with van der Waals surface area (Å²) < 4.78 is 14.8. The Morgan fingerprint density at radius 1 is 0.952 bits per heavy atom. The molecule has 5 rings (SSSR count). The van der Waals surface area contributed by atoms with Gasteiger partial charge in [-0.25, -0.2) is 0 Å². The van der Waals surface area contributed by atoms with Crippen molar-refractivity contribution in [2.24, 2.45) is 35.0 Å². The molecular formula is C14H12O7. The second kappa shape index (κ2) is 3.52. The van der Waals surface area contributed by atoms with Crippen molar-refractivity contribution >= 4 is 23.9 Å². The fourth-order valence-corrected chi connectivity index (χ4v) is 4.59. The molecule has 2 unspecified atom stereocenters. The van der Waals surface area contributed by atoms with Crippen molar-refractivity contribution in [2.45, 2.75) is 6.92 Å². The monoisotopic (exact) mass is 292 g/mol. The molecule has 3 aliphatic carbocycles. The van der Waals surface area contributed by atoms with Gasteiger partial charge in [-0.3, -0.25) is 19.2 Å². The maximum absolute atomic E-state index is 12.1. The molecule has 2 bridgehead atoms. The Bertz CT molecular complexity index is 604. The number of hydrogen-bond donors (Lipinski definition) is 0. The third kappa shape index (κ3) is 1.17. The summed E-state index contributed by atoms with van der Waals surface area (Å²) in [6.07, 6.45) is 1.67. The van der Waals surface area contributed by atoms with E-state index < -0.39 is 58.9 Å². The molecule has 0 amide bonds. The van der Waals surface area contributed by atoms with Crippen molar-refractivity contribution in [2.75, 3.05) is 7.11 Å². The molecule has 0 aromatic rings. The normalized spacial score (nSPS) is 46.8. The van der Waals surface area contributed by atoms with Crippen LogP contribution >= 0.6 is 0 Å². The van der Waals surface area contributed by atoms with E-state index in [0.29, 0.717) is 5.76 Å². The standard InChI is InChI=1S/C14H12O7/c1-14-5(19-2)3-4(6-8(14)12(17)20-10(6)15)7-9(14)13(18)21-11(7)16/h3-4,6-9H,1-2H3/t4?,6-,7+,8+,9-,14?. The molecular weight excluding hydrogens is 280 g/mol. The molecule has 5 aliphatic rings. The van der Waals surface area contributed by atoms with Crippen LogP contribution in [0, 0.1) is 35.0 Å². The molecule has 21 heavy (non-hydrogen) atoms. The minimum atomic E-state index is -1.09. The number of cyclic esters (lactones) is 4. The van der Waals surface area contributed by atoms with Crippen molar-refractivity contribution in [3.8, 4) is 0 Å². The molecule has 7 nitrogen and oxygen atoms in total. The Kier molecular flexibility index (Phi) is 2.11. The minimum Gasteiger partial charge on any atom is -0.501 e. The van der Waals surface area contributed by atoms with Crippen LogP contribution in [-0.2, 0) is 33.4 Å². The van der Waals surface area contributed by atoms with Gasteiger partial charge >= 0.3 is 23.9 Å². The van der Waals surface area contributed by atoms with E-state index in [2.05, 4.69) is 0 Å². The summed E-state index contributed by atoms with van der Waals surface area (Å²) >= 11 is 0. The van der Waals surface area contributed by atoms with Crippen molar-refractivity contribution < 1.29 is 33.4 Å². The molecule has 7 heteroatoms. The smallest absolute Gasteiger partial charge is 0.318 e. The van der Waals surface area contributed by atoms with Gasteiger partial charge < -0.3 is 14.2 Å². The molecule has 0 aromatic heterocycles. The number of esters is 4. The van der Waals surface area contributed by atoms with Crippen LogP contribution in [0.5, 0.6) is 0 Å². The van der Waals surface area contributed by atoms with Gasteiger partial charge in [0.25, 0.3) is 0 Å². The van der Waals surface area contributed by atoms with Crippen molar-refractivity contribution in [1.82, 2.24) is 0 Å². The lowest BCUT2D eigenvalue weighted by atomic mass is 9.47. The maximum Gasteiger partial charge on any atom is 0.318 e. The van der Waals surface area contributed by atoms with E-state index >= 15 is 0 Å². The number of hydrogen-bond acceptors (Lipinski definition) is 7. The van der Waals surface area contributed by atoms with Crippen molar-refractivity contribution in [3.63, 3.8) is 0 Å². The second-order valence-electron chi connectivity index (χ2n) is 6.08. The number of ether oxygens (including phenoxy) is 3. The van der Waals surface area contributed by atoms with Gasteiger partial charge in [-0.05, 0) is 6.08 Å². The number of carbonyl (C=O) groups is 4. The number of carbonyl (C=O) groups excluding carboxylic acids is 4. The van der Waals surface area contributed by atoms with Crippen molar-refractivity contribution in [3.05, 3.63) is 11.8 Å². The average Bonchev–Trinajstić information content (AvgIpc) is 2.90. The molecule has 2 heterocycles. The van der Waals surface area contributed by atoms with Crippen LogP contribution in [0.25, 0.3) is 0 Å². The fourth-order valence-electron chi connectivity index (χ4n) is 4.59. The quantitative estimate of drug-likeness (QED) is 0.487. The summed E-state index contributed by atoms with van der Waals surface area (Å²) in [4.78, 5) is 48.1. The molecule has 3 fully saturated rings. The van der Waals surface area contributed by atoms with E-state index in [9.17, 15) is 19.2 Å². The van der Waals surface area contributed by atoms with Crippen LogP contribution in [0.3, 0.4) is 0 Å². The SMILES string of the molecule is COC1=CC2[C@H]3C(=O)OC(=O)[C@H]3C1(C)[C@H]1C(=O)OC(=O)[C@@H]21. The summed E-state index contributed by atoms with van der Waals surface area (Å²) in [5, 5.41) is 0. The first-order chi connectivity index (χ1) is 9.91. The lowest BCUT2D eigenvalue weighted by Crippen LogP contribution is -2.58. The van der Waals surface area contributed by atoms with E-state index in [1.54, 1.807) is 13.0 Å². The molecule has 1 saturated carbocycles. The van der Waals surface area contributed by atoms with Crippen LogP contribution in [0.1, 0.15) is 6.92 Å². The Hall–Kier alpha value is -2.18. The topological polar surface area (TPSA) is 96.0 Å². The van der Waals surface area contributed by atoms with Gasteiger partial charge in [0, 0.05) is 5.92 Å². The highest BCUT2D eigenvalue weighted by Gasteiger charge is 2.75. The van der Waals surface area contributed by atoms with Crippen LogP contribution in [-0.4, -0.2) is 31.0 Å². The zero-order valence-corrected chi connectivity index (χ0v) is 11.3. The van der Waals surface area contributed by atoms with Gasteiger partial charge in [-0.2, -0.15) is 0 Å². The predicted octanol–water partition coefficient (Wildman–Crippen LogP) is -0.202. The number of methoxy groups -OCH3 is 1. The first kappa shape index (κ1) is 12.6. The molecule has 2 saturated heterocycles. The third-order valence-electron chi connectivity index (χ3n) is 5.39. The summed E-state index contributed by atoms with van der Waals surface area (Å²) in [5.74, 6) is -5.89. The van der Waals surface area contributed by atoms with Gasteiger partial charge in [0.2, 0.25) is 0 Å². The van der Waals surface area contributed by atoms with Gasteiger partial charge in [0.1, 0.15) is 0 Å². The predicted molar refractivity (Wildman–Crippen MR) is 62.8 cm³/mol. The maximum atomic E-state index is 12.1. The van der Waals surface area contributed by atoms with Crippen LogP contribution < -0.4 is 0 Å². The molecule has 0 spiro atoms. The highest BCUT2D eigenvalue weighted by atomic mass is 16.6. The third-order valence-corrected chi connectivity index (χ3v) is 5.39. The lowest BCUT2D eigenvalue weighted by Gasteiger charge is -2.52. The van der Waals surface area contributed by atoms with Gasteiger partial charge in [0.05, 0.1) is 42.0 Å². The van der Waals surface area contributed by atoms with E-state index in [-0.39, 0.29) is 0 Å². The van der Waals surface area contributed by atoms with Gasteiger partial charge in [-0.15, -0.1) is 0 Å². The van der Waals surface area contributed by atoms with Gasteiger partial charge in [0.15, 0.2) is 0 Å². The highest BCUT2D eigenvalue weighted by Crippen LogP contribution is 2.65. The van der Waals surface area contributed by atoms with Crippen LogP contribution in [0.2, 0.25) is 0 Å². The Labute approximate surface area is 119 Å². The summed E-state index contributed by atoms with van der Waals surface area (Å²) in [6.45, 7) is 1.66. The van der Waals surface area contributed by atoms with Gasteiger partial charge in [-0.1, -0.05) is 6.92 Å². The van der Waals surface area contributed by atoms with E-state index in [4.69, 9.17) is 14.2 Å². The fraction of sp³-hybridized carbons (Fsp3) is 0.571. The molecule has 110 valence electrons. The largest absolute Gasteiger partial charge is 0.501 e. The Balaban J connectivity index is 1.98. The average molecular weight is 292 g/mol. The molecule has 6 atom stereocenters.